The second-order valence-corrected chi connectivity index (χ2v) is 13.1. The molecule has 7 N–H and O–H groups in total. The van der Waals surface area contributed by atoms with Gasteiger partial charge in [0.25, 0.3) is 17.6 Å². The number of hydrogen-bond donors (Lipinski definition) is 5. The van der Waals surface area contributed by atoms with Gasteiger partial charge >= 0.3 is 138 Å². The van der Waals surface area contributed by atoms with Gasteiger partial charge in [-0.25, -0.2) is 29.9 Å². The summed E-state index contributed by atoms with van der Waals surface area (Å²) in [5, 5.41) is 8.77. The van der Waals surface area contributed by atoms with Crippen LogP contribution < -0.4 is 166 Å². The molecule has 0 unspecified atom stereocenters. The zero-order valence-corrected chi connectivity index (χ0v) is 47.9. The van der Waals surface area contributed by atoms with Crippen LogP contribution in [0.3, 0.4) is 0 Å². The minimum Gasteiger partial charge on any atom is -1.00 e. The van der Waals surface area contributed by atoms with Crippen LogP contribution in [-0.4, -0.2) is 60.5 Å². The number of hydrogen-bond acceptors (Lipinski definition) is 13. The number of rotatable bonds is 6. The summed E-state index contributed by atoms with van der Waals surface area (Å²) >= 11 is 5.70. The Labute approximate surface area is 455 Å². The number of H-pyrrole nitrogens is 3. The summed E-state index contributed by atoms with van der Waals surface area (Å²) in [5.41, 5.74) is 16.8. The SMILES string of the molecule is Cc1nc(-n2ccnc2)[nH]c(=O)c1C(C)C.Cc1nc(-n2ccnc2N)[nH]c(=O)c1C(C)C.Cc1nc(Cl)nc(C)c1C(C)C.Nc1ccc[nH]1.O=CO[O-].[Cs+].[Cs+].[H-]. The van der Waals surface area contributed by atoms with Gasteiger partial charge in [-0.15, -0.1) is 0 Å². The summed E-state index contributed by atoms with van der Waals surface area (Å²) in [6.07, 6.45) is 9.99. The standard InChI is InChI=1S/C11H15N5O.C11H14N4O.C9H13ClN2.C4H6N2.CH2O3.2Cs.H/c1-6(2)8-7(3)14-11(15-9(8)17)16-5-4-13-10(16)12;1-7(2)9-8(3)13-11(14-10(9)16)15-5-4-12-6-15;1-5(2)8-6(3)11-9(10)12-7(8)4;5-4-2-1-3-6-4;2-1-4-3;;;/h4-6H,1-3H3,(H2,12,13)(H,14,15,17);4-7H,1-3H3,(H,13,14,16);5H,1-4H3;1-3,6H,5H2;1,3H;;;/q;;;;;2*+1;-1/p-1. The van der Waals surface area contributed by atoms with Crippen molar-refractivity contribution in [2.45, 2.75) is 87.0 Å². The van der Waals surface area contributed by atoms with Crippen LogP contribution in [0, 0.1) is 27.7 Å². The molecule has 6 heterocycles. The Morgan fingerprint density at radius 2 is 1.26 bits per heavy atom. The molecule has 6 rings (SSSR count). The quantitative estimate of drug-likeness (QED) is 0.0544. The van der Waals surface area contributed by atoms with Crippen molar-refractivity contribution in [1.82, 2.24) is 54.0 Å². The monoisotopic (exact) mass is 1050 g/mol. The molecule has 0 amide bonds. The van der Waals surface area contributed by atoms with Crippen LogP contribution in [0.1, 0.15) is 100 Å². The van der Waals surface area contributed by atoms with Gasteiger partial charge in [0.15, 0.2) is 0 Å². The molecular formula is C36H50ClCs2N13O5. The smallest absolute Gasteiger partial charge is 1.00 e. The van der Waals surface area contributed by atoms with E-state index in [1.54, 1.807) is 52.5 Å². The third-order valence-corrected chi connectivity index (χ3v) is 7.78. The number of aromatic amines is 3. The van der Waals surface area contributed by atoms with E-state index in [9.17, 15) is 9.59 Å². The first-order valence-electron chi connectivity index (χ1n) is 17.0. The Bertz CT molecular complexity index is 2190. The van der Waals surface area contributed by atoms with E-state index in [0.717, 1.165) is 28.5 Å². The second kappa shape index (κ2) is 27.7. The molecule has 0 fully saturated rings. The van der Waals surface area contributed by atoms with Crippen LogP contribution in [0.5, 0.6) is 0 Å². The molecule has 6 aromatic rings. The van der Waals surface area contributed by atoms with E-state index in [-0.39, 0.29) is 169 Å². The summed E-state index contributed by atoms with van der Waals surface area (Å²) in [6, 6.07) is 3.66. The maximum Gasteiger partial charge on any atom is 1.00 e. The number of carbonyl (C=O) groups is 1. The number of anilines is 2. The molecule has 0 saturated heterocycles. The molecule has 0 bridgehead atoms. The van der Waals surface area contributed by atoms with Crippen molar-refractivity contribution in [3.8, 4) is 11.9 Å². The van der Waals surface area contributed by atoms with Crippen molar-refractivity contribution >= 4 is 29.8 Å². The first-order valence-corrected chi connectivity index (χ1v) is 17.4. The fourth-order valence-electron chi connectivity index (χ4n) is 5.50. The molecule has 298 valence electrons. The third-order valence-electron chi connectivity index (χ3n) is 7.61. The number of nitrogens with zero attached hydrogens (tertiary/aromatic N) is 8. The summed E-state index contributed by atoms with van der Waals surface area (Å²) < 4.78 is 3.22. The zero-order valence-electron chi connectivity index (χ0n) is 35.6. The average Bonchev–Trinajstić information content (AvgIpc) is 3.88. The molecule has 57 heavy (non-hydrogen) atoms. The summed E-state index contributed by atoms with van der Waals surface area (Å²) in [4.78, 5) is 68.0. The van der Waals surface area contributed by atoms with Gasteiger partial charge in [-0.3, -0.25) is 33.5 Å². The number of nitrogen functional groups attached to an aromatic ring is 2. The molecule has 0 saturated carbocycles. The third kappa shape index (κ3) is 17.6. The van der Waals surface area contributed by atoms with E-state index in [4.69, 9.17) is 33.1 Å². The Kier molecular flexibility index (Phi) is 26.7. The molecule has 0 aliphatic carbocycles. The Morgan fingerprint density at radius 3 is 1.60 bits per heavy atom. The number of nitrogens with one attached hydrogen (secondary N) is 3. The molecule has 0 aliphatic heterocycles. The predicted molar refractivity (Wildman–Crippen MR) is 210 cm³/mol. The molecule has 0 aromatic carbocycles. The summed E-state index contributed by atoms with van der Waals surface area (Å²) in [7, 11) is 0. The number of halogens is 1. The molecule has 0 atom stereocenters. The van der Waals surface area contributed by atoms with Gasteiger partial charge < -0.3 is 28.0 Å². The van der Waals surface area contributed by atoms with Crippen molar-refractivity contribution in [2.24, 2.45) is 0 Å². The molecule has 0 spiro atoms. The van der Waals surface area contributed by atoms with Gasteiger partial charge in [-0.2, -0.15) is 0 Å². The number of nitrogens with two attached hydrogens (primary N) is 2. The average molecular weight is 1050 g/mol. The largest absolute Gasteiger partial charge is 1.00 e. The van der Waals surface area contributed by atoms with Crippen molar-refractivity contribution in [2.75, 3.05) is 11.5 Å². The van der Waals surface area contributed by atoms with Crippen molar-refractivity contribution in [3.63, 3.8) is 0 Å². The minimum absolute atomic E-state index is 0. The van der Waals surface area contributed by atoms with Crippen molar-refractivity contribution in [1.29, 1.82) is 0 Å². The Morgan fingerprint density at radius 1 is 0.789 bits per heavy atom. The van der Waals surface area contributed by atoms with Gasteiger partial charge in [0.2, 0.25) is 23.1 Å². The van der Waals surface area contributed by atoms with Gasteiger partial charge in [0.05, 0.1) is 11.4 Å². The van der Waals surface area contributed by atoms with Crippen LogP contribution in [0.25, 0.3) is 11.9 Å². The zero-order chi connectivity index (χ0) is 41.4. The van der Waals surface area contributed by atoms with Crippen LogP contribution >= 0.6 is 11.6 Å². The fraction of sp³-hybridized carbons (Fsp3) is 0.361. The normalized spacial score (nSPS) is 9.95. The van der Waals surface area contributed by atoms with Crippen molar-refractivity contribution < 1.29 is 154 Å². The molecule has 0 radical (unpaired) electrons. The van der Waals surface area contributed by atoms with E-state index in [1.807, 2.05) is 61.5 Å². The van der Waals surface area contributed by atoms with Gasteiger partial charge in [0, 0.05) is 53.5 Å². The minimum atomic E-state index is -0.181. The van der Waals surface area contributed by atoms with Gasteiger partial charge in [-0.05, 0) is 74.7 Å². The van der Waals surface area contributed by atoms with Gasteiger partial charge in [0.1, 0.15) is 12.1 Å². The summed E-state index contributed by atoms with van der Waals surface area (Å²) in [5.74, 6) is 2.69. The summed E-state index contributed by atoms with van der Waals surface area (Å²) in [6.45, 7) is 19.6. The van der Waals surface area contributed by atoms with Crippen LogP contribution in [0.2, 0.25) is 5.28 Å². The van der Waals surface area contributed by atoms with Crippen LogP contribution in [0.15, 0.2) is 59.0 Å². The number of aromatic nitrogens is 11. The molecule has 0 aliphatic rings. The van der Waals surface area contributed by atoms with E-state index < -0.39 is 0 Å². The van der Waals surface area contributed by atoms with E-state index in [0.29, 0.717) is 40.3 Å². The molecule has 18 nitrogen and oxygen atoms in total. The fourth-order valence-corrected chi connectivity index (χ4v) is 5.75. The van der Waals surface area contributed by atoms with Crippen LogP contribution in [0.4, 0.5) is 11.8 Å². The number of aryl methyl sites for hydroxylation is 4. The van der Waals surface area contributed by atoms with E-state index in [2.05, 4.69) is 63.6 Å². The second-order valence-electron chi connectivity index (χ2n) is 12.8. The first kappa shape index (κ1) is 55.0. The van der Waals surface area contributed by atoms with E-state index >= 15 is 0 Å². The molecular weight excluding hydrogens is 996 g/mol. The topological polar surface area (TPSA) is 270 Å². The number of carbonyl (C=O) groups excluding carboxylic acids is 1. The maximum absolute atomic E-state index is 11.9. The molecule has 6 aromatic heterocycles. The number of imidazole rings is 2. The van der Waals surface area contributed by atoms with E-state index in [1.165, 1.54) is 5.56 Å². The maximum atomic E-state index is 11.9. The van der Waals surface area contributed by atoms with Crippen molar-refractivity contribution in [3.05, 3.63) is 115 Å². The molecule has 21 heteroatoms. The van der Waals surface area contributed by atoms with Gasteiger partial charge in [-0.1, -0.05) is 41.5 Å². The first-order chi connectivity index (χ1) is 25.9. The Balaban J connectivity index is 0. The Hall–Kier alpha value is -2.04. The predicted octanol–water partition coefficient (Wildman–Crippen LogP) is -1.62. The van der Waals surface area contributed by atoms with Crippen LogP contribution in [-0.2, 0) is 9.68 Å².